The van der Waals surface area contributed by atoms with Crippen molar-refractivity contribution in [1.29, 1.82) is 0 Å². The number of hydrogen-bond donors (Lipinski definition) is 2. The summed E-state index contributed by atoms with van der Waals surface area (Å²) in [5.41, 5.74) is 0.958. The third-order valence-corrected chi connectivity index (χ3v) is 4.07. The van der Waals surface area contributed by atoms with Gasteiger partial charge in [-0.25, -0.2) is 9.18 Å². The van der Waals surface area contributed by atoms with Gasteiger partial charge in [-0.3, -0.25) is 5.32 Å². The Hall–Kier alpha value is -3.00. The molecule has 0 bridgehead atoms. The SMILES string of the molecule is CCOc1ccc(-c2nnc(NC(=O)Nc3ccccc3F)s2)cc1. The van der Waals surface area contributed by atoms with Gasteiger partial charge in [0.1, 0.15) is 16.6 Å². The average molecular weight is 358 g/mol. The van der Waals surface area contributed by atoms with E-state index in [0.29, 0.717) is 16.7 Å². The molecule has 0 aliphatic heterocycles. The number of ether oxygens (including phenoxy) is 1. The number of aromatic nitrogens is 2. The van der Waals surface area contributed by atoms with E-state index in [1.807, 2.05) is 31.2 Å². The number of nitrogens with one attached hydrogen (secondary N) is 2. The topological polar surface area (TPSA) is 76.1 Å². The Bertz CT molecular complexity index is 867. The Kier molecular flexibility index (Phi) is 5.20. The normalized spacial score (nSPS) is 10.3. The maximum absolute atomic E-state index is 13.5. The number of urea groups is 1. The van der Waals surface area contributed by atoms with Crippen molar-refractivity contribution in [3.63, 3.8) is 0 Å². The molecule has 2 amide bonds. The van der Waals surface area contributed by atoms with Crippen molar-refractivity contribution in [2.75, 3.05) is 17.2 Å². The molecule has 1 heterocycles. The van der Waals surface area contributed by atoms with E-state index in [1.54, 1.807) is 12.1 Å². The van der Waals surface area contributed by atoms with Crippen molar-refractivity contribution in [2.24, 2.45) is 0 Å². The lowest BCUT2D eigenvalue weighted by atomic mass is 10.2. The predicted octanol–water partition coefficient (Wildman–Crippen LogP) is 4.39. The minimum atomic E-state index is -0.584. The van der Waals surface area contributed by atoms with Crippen LogP contribution in [0.4, 0.5) is 20.0 Å². The van der Waals surface area contributed by atoms with E-state index in [4.69, 9.17) is 4.74 Å². The highest BCUT2D eigenvalue weighted by molar-refractivity contribution is 7.18. The van der Waals surface area contributed by atoms with Crippen LogP contribution in [0.1, 0.15) is 6.92 Å². The molecule has 0 aliphatic carbocycles. The molecule has 0 atom stereocenters. The Labute approximate surface area is 147 Å². The standard InChI is InChI=1S/C17H15FN4O2S/c1-2-24-12-9-7-11(8-10-12)15-21-22-17(25-15)20-16(23)19-14-6-4-3-5-13(14)18/h3-10H,2H2,1H3,(H2,19,20,22,23). The molecule has 0 spiro atoms. The summed E-state index contributed by atoms with van der Waals surface area (Å²) in [6.07, 6.45) is 0. The highest BCUT2D eigenvalue weighted by Crippen LogP contribution is 2.28. The van der Waals surface area contributed by atoms with Gasteiger partial charge in [-0.15, -0.1) is 10.2 Å². The van der Waals surface area contributed by atoms with Crippen molar-refractivity contribution < 1.29 is 13.9 Å². The second-order valence-corrected chi connectivity index (χ2v) is 5.91. The quantitative estimate of drug-likeness (QED) is 0.709. The first-order valence-electron chi connectivity index (χ1n) is 7.55. The Morgan fingerprint density at radius 3 is 2.60 bits per heavy atom. The van der Waals surface area contributed by atoms with Crippen molar-refractivity contribution in [1.82, 2.24) is 10.2 Å². The number of benzene rings is 2. The summed E-state index contributed by atoms with van der Waals surface area (Å²) in [6, 6.07) is 12.8. The minimum Gasteiger partial charge on any atom is -0.494 e. The van der Waals surface area contributed by atoms with Gasteiger partial charge in [0.2, 0.25) is 5.13 Å². The summed E-state index contributed by atoms with van der Waals surface area (Å²) in [5, 5.41) is 13.9. The molecular formula is C17H15FN4O2S. The van der Waals surface area contributed by atoms with Crippen LogP contribution >= 0.6 is 11.3 Å². The minimum absolute atomic E-state index is 0.0938. The molecule has 0 saturated carbocycles. The van der Waals surface area contributed by atoms with Gasteiger partial charge >= 0.3 is 6.03 Å². The summed E-state index contributed by atoms with van der Waals surface area (Å²) in [4.78, 5) is 11.9. The zero-order valence-electron chi connectivity index (χ0n) is 13.3. The average Bonchev–Trinajstić information content (AvgIpc) is 3.06. The molecular weight excluding hydrogens is 343 g/mol. The second kappa shape index (κ2) is 7.71. The zero-order valence-corrected chi connectivity index (χ0v) is 14.1. The largest absolute Gasteiger partial charge is 0.494 e. The summed E-state index contributed by atoms with van der Waals surface area (Å²) in [7, 11) is 0. The Morgan fingerprint density at radius 1 is 1.12 bits per heavy atom. The molecule has 0 aliphatic rings. The zero-order chi connectivity index (χ0) is 17.6. The molecule has 2 N–H and O–H groups in total. The summed E-state index contributed by atoms with van der Waals surface area (Å²) in [6.45, 7) is 2.52. The lowest BCUT2D eigenvalue weighted by Gasteiger charge is -2.05. The van der Waals surface area contributed by atoms with Gasteiger partial charge in [-0.05, 0) is 43.3 Å². The van der Waals surface area contributed by atoms with E-state index >= 15 is 0 Å². The van der Waals surface area contributed by atoms with Gasteiger partial charge in [-0.1, -0.05) is 23.5 Å². The van der Waals surface area contributed by atoms with Gasteiger partial charge in [0.15, 0.2) is 0 Å². The van der Waals surface area contributed by atoms with Gasteiger partial charge in [0, 0.05) is 5.56 Å². The van der Waals surface area contributed by atoms with Crippen molar-refractivity contribution in [2.45, 2.75) is 6.92 Å². The van der Waals surface area contributed by atoms with Crippen LogP contribution in [0.25, 0.3) is 10.6 Å². The van der Waals surface area contributed by atoms with Crippen LogP contribution in [0.2, 0.25) is 0 Å². The van der Waals surface area contributed by atoms with E-state index in [9.17, 15) is 9.18 Å². The Morgan fingerprint density at radius 2 is 1.88 bits per heavy atom. The first kappa shape index (κ1) is 16.8. The van der Waals surface area contributed by atoms with Crippen LogP contribution in [-0.4, -0.2) is 22.8 Å². The number of halogens is 1. The van der Waals surface area contributed by atoms with Crippen molar-refractivity contribution >= 4 is 28.2 Å². The molecule has 0 saturated heterocycles. The van der Waals surface area contributed by atoms with Gasteiger partial charge < -0.3 is 10.1 Å². The van der Waals surface area contributed by atoms with Crippen LogP contribution in [0, 0.1) is 5.82 Å². The number of nitrogens with zero attached hydrogens (tertiary/aromatic N) is 2. The monoisotopic (exact) mass is 358 g/mol. The number of anilines is 2. The number of carbonyl (C=O) groups excluding carboxylic acids is 1. The van der Waals surface area contributed by atoms with Crippen LogP contribution in [0.15, 0.2) is 48.5 Å². The molecule has 6 nitrogen and oxygen atoms in total. The molecule has 2 aromatic carbocycles. The van der Waals surface area contributed by atoms with E-state index < -0.39 is 11.8 Å². The lowest BCUT2D eigenvalue weighted by molar-refractivity contribution is 0.262. The molecule has 0 fully saturated rings. The molecule has 3 aromatic rings. The highest BCUT2D eigenvalue weighted by Gasteiger charge is 2.11. The fraction of sp³-hybridized carbons (Fsp3) is 0.118. The molecule has 1 aromatic heterocycles. The van der Waals surface area contributed by atoms with Crippen molar-refractivity contribution in [3.05, 3.63) is 54.3 Å². The van der Waals surface area contributed by atoms with Crippen LogP contribution < -0.4 is 15.4 Å². The van der Waals surface area contributed by atoms with Crippen LogP contribution in [0.3, 0.4) is 0 Å². The third kappa shape index (κ3) is 4.30. The second-order valence-electron chi connectivity index (χ2n) is 4.93. The molecule has 25 heavy (non-hydrogen) atoms. The number of hydrogen-bond acceptors (Lipinski definition) is 5. The number of amides is 2. The van der Waals surface area contributed by atoms with E-state index in [0.717, 1.165) is 11.3 Å². The van der Waals surface area contributed by atoms with Gasteiger partial charge in [0.25, 0.3) is 0 Å². The summed E-state index contributed by atoms with van der Waals surface area (Å²) < 4.78 is 18.9. The molecule has 8 heteroatoms. The maximum atomic E-state index is 13.5. The first-order chi connectivity index (χ1) is 12.2. The molecule has 0 unspecified atom stereocenters. The van der Waals surface area contributed by atoms with Crippen LogP contribution in [0.5, 0.6) is 5.75 Å². The fourth-order valence-electron chi connectivity index (χ4n) is 2.06. The smallest absolute Gasteiger partial charge is 0.325 e. The van der Waals surface area contributed by atoms with E-state index in [1.165, 1.54) is 23.5 Å². The fourth-order valence-corrected chi connectivity index (χ4v) is 2.81. The summed E-state index contributed by atoms with van der Waals surface area (Å²) >= 11 is 1.22. The number of carbonyl (C=O) groups is 1. The van der Waals surface area contributed by atoms with E-state index in [-0.39, 0.29) is 5.69 Å². The third-order valence-electron chi connectivity index (χ3n) is 3.18. The molecule has 0 radical (unpaired) electrons. The maximum Gasteiger partial charge on any atom is 0.325 e. The lowest BCUT2D eigenvalue weighted by Crippen LogP contribution is -2.19. The number of rotatable bonds is 5. The molecule has 3 rings (SSSR count). The van der Waals surface area contributed by atoms with Gasteiger partial charge in [0.05, 0.1) is 12.3 Å². The van der Waals surface area contributed by atoms with E-state index in [2.05, 4.69) is 20.8 Å². The summed E-state index contributed by atoms with van der Waals surface area (Å²) in [5.74, 6) is 0.267. The van der Waals surface area contributed by atoms with Crippen LogP contribution in [-0.2, 0) is 0 Å². The predicted molar refractivity (Wildman–Crippen MR) is 95.6 cm³/mol. The van der Waals surface area contributed by atoms with Gasteiger partial charge in [-0.2, -0.15) is 0 Å². The highest BCUT2D eigenvalue weighted by atomic mass is 32.1. The number of para-hydroxylation sites is 1. The first-order valence-corrected chi connectivity index (χ1v) is 8.36. The Balaban J connectivity index is 1.65. The molecule has 128 valence electrons. The van der Waals surface area contributed by atoms with Crippen molar-refractivity contribution in [3.8, 4) is 16.3 Å².